The molecule has 0 atom stereocenters. The number of halogens is 3. The molecule has 0 radical (unpaired) electrons. The van der Waals surface area contributed by atoms with Crippen LogP contribution in [0.2, 0.25) is 0 Å². The molecule has 3 N–H and O–H groups in total. The number of nitrogens with two attached hydrogens (primary N) is 1. The average Bonchev–Trinajstić information content (AvgIpc) is 2.52. The number of pyridine rings is 1. The van der Waals surface area contributed by atoms with Crippen molar-refractivity contribution in [2.45, 2.75) is 6.18 Å². The highest BCUT2D eigenvalue weighted by Crippen LogP contribution is 2.37. The van der Waals surface area contributed by atoms with Gasteiger partial charge in [0.1, 0.15) is 34.8 Å². The standard InChI is InChI=1S/C15H9F3N4O2/c1-24-9-3-7(2-8(4-9)15(16,17)18)12-10(5-19)13(21)22-14(23)11(12)6-20/h2-4H,1H3,(H3,21,22,23). The van der Waals surface area contributed by atoms with Crippen molar-refractivity contribution in [1.82, 2.24) is 4.98 Å². The maximum atomic E-state index is 13.0. The first-order valence-electron chi connectivity index (χ1n) is 6.35. The molecule has 1 heterocycles. The SMILES string of the molecule is COc1cc(-c2c(C#N)c(N)[nH]c(=O)c2C#N)cc(C(F)(F)F)c1. The summed E-state index contributed by atoms with van der Waals surface area (Å²) >= 11 is 0. The summed E-state index contributed by atoms with van der Waals surface area (Å²) in [6.07, 6.45) is -4.68. The zero-order valence-electron chi connectivity index (χ0n) is 12.2. The first-order valence-corrected chi connectivity index (χ1v) is 6.35. The molecular formula is C15H9F3N4O2. The number of nitriles is 2. The minimum Gasteiger partial charge on any atom is -0.497 e. The van der Waals surface area contributed by atoms with Crippen LogP contribution in [0.1, 0.15) is 16.7 Å². The molecule has 122 valence electrons. The van der Waals surface area contributed by atoms with Crippen LogP contribution >= 0.6 is 0 Å². The molecule has 0 unspecified atom stereocenters. The van der Waals surface area contributed by atoms with Gasteiger partial charge in [-0.25, -0.2) is 0 Å². The first-order chi connectivity index (χ1) is 11.2. The molecule has 0 aliphatic rings. The van der Waals surface area contributed by atoms with Gasteiger partial charge >= 0.3 is 6.18 Å². The summed E-state index contributed by atoms with van der Waals surface area (Å²) in [7, 11) is 1.17. The Balaban J connectivity index is 2.95. The second-order valence-corrected chi connectivity index (χ2v) is 4.66. The van der Waals surface area contributed by atoms with E-state index in [9.17, 15) is 23.2 Å². The lowest BCUT2D eigenvalue weighted by atomic mass is 9.95. The van der Waals surface area contributed by atoms with Gasteiger partial charge in [0.15, 0.2) is 0 Å². The number of anilines is 1. The number of aromatic amines is 1. The zero-order valence-corrected chi connectivity index (χ0v) is 12.2. The van der Waals surface area contributed by atoms with E-state index in [4.69, 9.17) is 15.7 Å². The molecule has 6 nitrogen and oxygen atoms in total. The monoisotopic (exact) mass is 334 g/mol. The van der Waals surface area contributed by atoms with E-state index in [0.717, 1.165) is 12.1 Å². The number of nitrogens with zero attached hydrogens (tertiary/aromatic N) is 2. The van der Waals surface area contributed by atoms with Crippen molar-refractivity contribution < 1.29 is 17.9 Å². The third-order valence-electron chi connectivity index (χ3n) is 3.23. The Morgan fingerprint density at radius 2 is 1.79 bits per heavy atom. The van der Waals surface area contributed by atoms with E-state index in [1.165, 1.54) is 13.2 Å². The Morgan fingerprint density at radius 3 is 2.29 bits per heavy atom. The predicted molar refractivity (Wildman–Crippen MR) is 77.9 cm³/mol. The summed E-state index contributed by atoms with van der Waals surface area (Å²) in [5, 5.41) is 18.4. The minimum atomic E-state index is -4.68. The third-order valence-corrected chi connectivity index (χ3v) is 3.23. The lowest BCUT2D eigenvalue weighted by molar-refractivity contribution is -0.137. The Bertz CT molecular complexity index is 949. The van der Waals surface area contributed by atoms with Crippen LogP contribution in [0, 0.1) is 22.7 Å². The maximum Gasteiger partial charge on any atom is 0.416 e. The van der Waals surface area contributed by atoms with Gasteiger partial charge in [0.25, 0.3) is 5.56 Å². The molecule has 0 bridgehead atoms. The molecule has 0 saturated heterocycles. The van der Waals surface area contributed by atoms with E-state index in [-0.39, 0.29) is 28.3 Å². The van der Waals surface area contributed by atoms with E-state index in [0.29, 0.717) is 0 Å². The highest BCUT2D eigenvalue weighted by molar-refractivity contribution is 5.81. The van der Waals surface area contributed by atoms with Gasteiger partial charge in [0.2, 0.25) is 0 Å². The summed E-state index contributed by atoms with van der Waals surface area (Å²) in [5.74, 6) is -0.487. The fraction of sp³-hybridized carbons (Fsp3) is 0.133. The van der Waals surface area contributed by atoms with Gasteiger partial charge in [-0.15, -0.1) is 0 Å². The number of hydrogen-bond donors (Lipinski definition) is 2. The summed E-state index contributed by atoms with van der Waals surface area (Å²) in [4.78, 5) is 14.0. The van der Waals surface area contributed by atoms with Gasteiger partial charge in [-0.05, 0) is 23.8 Å². The number of nitrogen functional groups attached to an aromatic ring is 1. The Kier molecular flexibility index (Phi) is 4.20. The molecule has 1 aromatic carbocycles. The Morgan fingerprint density at radius 1 is 1.17 bits per heavy atom. The van der Waals surface area contributed by atoms with Crippen LogP contribution in [0.15, 0.2) is 23.0 Å². The van der Waals surface area contributed by atoms with Gasteiger partial charge in [0.05, 0.1) is 12.7 Å². The molecule has 0 saturated carbocycles. The first kappa shape index (κ1) is 16.9. The lowest BCUT2D eigenvalue weighted by Gasteiger charge is -2.14. The number of benzene rings is 1. The van der Waals surface area contributed by atoms with Crippen molar-refractivity contribution in [3.05, 3.63) is 45.2 Å². The number of aromatic nitrogens is 1. The van der Waals surface area contributed by atoms with Crippen LogP contribution in [0.3, 0.4) is 0 Å². The molecule has 1 aromatic heterocycles. The van der Waals surface area contributed by atoms with Crippen molar-refractivity contribution in [2.75, 3.05) is 12.8 Å². The van der Waals surface area contributed by atoms with Crippen molar-refractivity contribution >= 4 is 5.82 Å². The van der Waals surface area contributed by atoms with Crippen LogP contribution < -0.4 is 16.0 Å². The van der Waals surface area contributed by atoms with Crippen LogP contribution in [0.25, 0.3) is 11.1 Å². The van der Waals surface area contributed by atoms with Crippen LogP contribution in [0.4, 0.5) is 19.0 Å². The van der Waals surface area contributed by atoms with Crippen LogP contribution in [-0.4, -0.2) is 12.1 Å². The molecular weight excluding hydrogens is 325 g/mol. The zero-order chi connectivity index (χ0) is 18.1. The fourth-order valence-corrected chi connectivity index (χ4v) is 2.16. The van der Waals surface area contributed by atoms with Crippen LogP contribution in [0.5, 0.6) is 5.75 Å². The van der Waals surface area contributed by atoms with Crippen LogP contribution in [-0.2, 0) is 6.18 Å². The molecule has 2 rings (SSSR count). The van der Waals surface area contributed by atoms with Crippen molar-refractivity contribution in [3.8, 4) is 29.0 Å². The number of nitrogens with one attached hydrogen (secondary N) is 1. The summed E-state index contributed by atoms with van der Waals surface area (Å²) in [5.41, 5.74) is 2.34. The van der Waals surface area contributed by atoms with Gasteiger partial charge in [-0.1, -0.05) is 0 Å². The Labute approximate surface area is 133 Å². The van der Waals surface area contributed by atoms with E-state index in [1.54, 1.807) is 12.1 Å². The van der Waals surface area contributed by atoms with Crippen molar-refractivity contribution in [2.24, 2.45) is 0 Å². The number of methoxy groups -OCH3 is 1. The third kappa shape index (κ3) is 2.88. The largest absolute Gasteiger partial charge is 0.497 e. The molecule has 0 aliphatic carbocycles. The highest BCUT2D eigenvalue weighted by Gasteiger charge is 2.32. The average molecular weight is 334 g/mol. The van der Waals surface area contributed by atoms with Gasteiger partial charge in [0, 0.05) is 5.56 Å². The van der Waals surface area contributed by atoms with E-state index in [1.807, 2.05) is 0 Å². The second-order valence-electron chi connectivity index (χ2n) is 4.66. The number of ether oxygens (including phenoxy) is 1. The number of hydrogen-bond acceptors (Lipinski definition) is 5. The number of alkyl halides is 3. The molecule has 0 amide bonds. The molecule has 0 fully saturated rings. The lowest BCUT2D eigenvalue weighted by Crippen LogP contribution is -2.16. The van der Waals surface area contributed by atoms with E-state index in [2.05, 4.69) is 4.98 Å². The normalized spacial score (nSPS) is 10.8. The van der Waals surface area contributed by atoms with E-state index < -0.39 is 22.9 Å². The number of rotatable bonds is 2. The molecule has 0 spiro atoms. The van der Waals surface area contributed by atoms with Crippen molar-refractivity contribution in [1.29, 1.82) is 10.5 Å². The fourth-order valence-electron chi connectivity index (χ4n) is 2.16. The second kappa shape index (κ2) is 5.97. The Hall–Kier alpha value is -3.46. The molecule has 9 heteroatoms. The van der Waals surface area contributed by atoms with Gasteiger partial charge in [-0.2, -0.15) is 23.7 Å². The van der Waals surface area contributed by atoms with Gasteiger partial charge < -0.3 is 15.5 Å². The summed E-state index contributed by atoms with van der Waals surface area (Å²) in [6.45, 7) is 0. The molecule has 0 aliphatic heterocycles. The van der Waals surface area contributed by atoms with Gasteiger partial charge in [-0.3, -0.25) is 4.79 Å². The van der Waals surface area contributed by atoms with E-state index >= 15 is 0 Å². The number of H-pyrrole nitrogens is 1. The molecule has 24 heavy (non-hydrogen) atoms. The highest BCUT2D eigenvalue weighted by atomic mass is 19.4. The summed E-state index contributed by atoms with van der Waals surface area (Å²) < 4.78 is 44.0. The smallest absolute Gasteiger partial charge is 0.416 e. The quantitative estimate of drug-likeness (QED) is 0.875. The minimum absolute atomic E-state index is 0.147. The van der Waals surface area contributed by atoms with Crippen molar-refractivity contribution in [3.63, 3.8) is 0 Å². The topological polar surface area (TPSA) is 116 Å². The molecule has 2 aromatic rings. The summed E-state index contributed by atoms with van der Waals surface area (Å²) in [6, 6.07) is 5.95. The maximum absolute atomic E-state index is 13.0. The predicted octanol–water partition coefficient (Wildman–Crippen LogP) is 2.39.